The van der Waals surface area contributed by atoms with E-state index in [9.17, 15) is 4.39 Å². The number of ether oxygens (including phenoxy) is 4. The highest BCUT2D eigenvalue weighted by Crippen LogP contribution is 2.38. The predicted octanol–water partition coefficient (Wildman–Crippen LogP) is 6.13. The van der Waals surface area contributed by atoms with Gasteiger partial charge in [0.1, 0.15) is 12.4 Å². The molecule has 1 N–H and O–H groups in total. The first-order valence-electron chi connectivity index (χ1n) is 10.1. The van der Waals surface area contributed by atoms with Crippen molar-refractivity contribution in [2.45, 2.75) is 26.6 Å². The molecular weight excluding hydrogens is 456 g/mol. The van der Waals surface area contributed by atoms with Gasteiger partial charge in [-0.15, -0.1) is 0 Å². The molecule has 0 fully saturated rings. The van der Waals surface area contributed by atoms with Crippen LogP contribution in [-0.4, -0.2) is 13.4 Å². The Morgan fingerprint density at radius 1 is 0.906 bits per heavy atom. The zero-order valence-electron chi connectivity index (χ0n) is 17.4. The lowest BCUT2D eigenvalue weighted by molar-refractivity contribution is 0.174. The molecule has 0 spiro atoms. The summed E-state index contributed by atoms with van der Waals surface area (Å²) in [5, 5.41) is 4.11. The van der Waals surface area contributed by atoms with Crippen molar-refractivity contribution < 1.29 is 23.3 Å². The molecule has 0 bridgehead atoms. The Kier molecular flexibility index (Phi) is 7.25. The van der Waals surface area contributed by atoms with Crippen LogP contribution in [0, 0.1) is 5.82 Å². The van der Waals surface area contributed by atoms with Crippen LogP contribution in [0.5, 0.6) is 23.0 Å². The topological polar surface area (TPSA) is 49.0 Å². The molecule has 0 radical (unpaired) electrons. The third kappa shape index (κ3) is 5.38. The number of hydrogen-bond donors (Lipinski definition) is 1. The first-order chi connectivity index (χ1) is 15.5. The Morgan fingerprint density at radius 3 is 2.53 bits per heavy atom. The second-order valence-electron chi connectivity index (χ2n) is 7.15. The summed E-state index contributed by atoms with van der Waals surface area (Å²) < 4.78 is 35.7. The van der Waals surface area contributed by atoms with Crippen molar-refractivity contribution >= 4 is 23.2 Å². The van der Waals surface area contributed by atoms with E-state index in [1.165, 1.54) is 12.1 Å². The van der Waals surface area contributed by atoms with Gasteiger partial charge in [-0.25, -0.2) is 4.39 Å². The third-order valence-electron chi connectivity index (χ3n) is 4.85. The molecule has 5 nitrogen and oxygen atoms in total. The van der Waals surface area contributed by atoms with Crippen LogP contribution in [-0.2, 0) is 19.7 Å². The molecule has 0 saturated carbocycles. The summed E-state index contributed by atoms with van der Waals surface area (Å²) in [5.74, 6) is 2.09. The summed E-state index contributed by atoms with van der Waals surface area (Å²) in [6, 6.07) is 13.8. The quantitative estimate of drug-likeness (QED) is 0.401. The Morgan fingerprint density at radius 2 is 1.72 bits per heavy atom. The SMILES string of the molecule is CCOc1cc(CNCc2ccc3c(c2)OCO3)cc(Cl)c1OCc1ccc(F)cc1Cl. The molecule has 8 heteroatoms. The summed E-state index contributed by atoms with van der Waals surface area (Å²) >= 11 is 12.6. The van der Waals surface area contributed by atoms with Gasteiger partial charge in [0.25, 0.3) is 0 Å². The average Bonchev–Trinajstić information content (AvgIpc) is 3.22. The first kappa shape index (κ1) is 22.5. The van der Waals surface area contributed by atoms with Gasteiger partial charge in [0.2, 0.25) is 6.79 Å². The second kappa shape index (κ2) is 10.3. The lowest BCUT2D eigenvalue weighted by Gasteiger charge is -2.16. The lowest BCUT2D eigenvalue weighted by atomic mass is 10.1. The highest BCUT2D eigenvalue weighted by atomic mass is 35.5. The van der Waals surface area contributed by atoms with E-state index in [0.29, 0.717) is 46.8 Å². The normalized spacial score (nSPS) is 12.1. The van der Waals surface area contributed by atoms with Gasteiger partial charge < -0.3 is 24.3 Å². The zero-order chi connectivity index (χ0) is 22.5. The lowest BCUT2D eigenvalue weighted by Crippen LogP contribution is -2.13. The molecule has 4 rings (SSSR count). The summed E-state index contributed by atoms with van der Waals surface area (Å²) in [6.45, 7) is 3.97. The van der Waals surface area contributed by atoms with Crippen molar-refractivity contribution in [1.82, 2.24) is 5.32 Å². The molecule has 0 aromatic heterocycles. The van der Waals surface area contributed by atoms with Crippen molar-refractivity contribution in [3.8, 4) is 23.0 Å². The average molecular weight is 478 g/mol. The number of nitrogens with one attached hydrogen (secondary N) is 1. The Bertz CT molecular complexity index is 1110. The van der Waals surface area contributed by atoms with E-state index in [2.05, 4.69) is 5.32 Å². The van der Waals surface area contributed by atoms with Crippen molar-refractivity contribution in [1.29, 1.82) is 0 Å². The van der Waals surface area contributed by atoms with Crippen molar-refractivity contribution in [3.63, 3.8) is 0 Å². The van der Waals surface area contributed by atoms with Gasteiger partial charge in [0.05, 0.1) is 16.7 Å². The Hall–Kier alpha value is -2.67. The maximum Gasteiger partial charge on any atom is 0.231 e. The van der Waals surface area contributed by atoms with E-state index in [1.807, 2.05) is 37.3 Å². The number of rotatable bonds is 9. The molecule has 0 unspecified atom stereocenters. The first-order valence-corrected chi connectivity index (χ1v) is 10.9. The van der Waals surface area contributed by atoms with Crippen LogP contribution in [0.3, 0.4) is 0 Å². The van der Waals surface area contributed by atoms with E-state index < -0.39 is 5.82 Å². The van der Waals surface area contributed by atoms with Crippen LogP contribution >= 0.6 is 23.2 Å². The van der Waals surface area contributed by atoms with Gasteiger partial charge in [-0.2, -0.15) is 0 Å². The minimum absolute atomic E-state index is 0.140. The summed E-state index contributed by atoms with van der Waals surface area (Å²) in [4.78, 5) is 0. The van der Waals surface area contributed by atoms with Crippen LogP contribution in [0.1, 0.15) is 23.6 Å². The fourth-order valence-electron chi connectivity index (χ4n) is 3.32. The van der Waals surface area contributed by atoms with Crippen LogP contribution in [0.2, 0.25) is 10.0 Å². The van der Waals surface area contributed by atoms with Crippen LogP contribution in [0.15, 0.2) is 48.5 Å². The number of halogens is 3. The van der Waals surface area contributed by atoms with Crippen molar-refractivity contribution in [2.75, 3.05) is 13.4 Å². The predicted molar refractivity (Wildman–Crippen MR) is 121 cm³/mol. The van der Waals surface area contributed by atoms with Gasteiger partial charge in [0.15, 0.2) is 23.0 Å². The minimum atomic E-state index is -0.399. The largest absolute Gasteiger partial charge is 0.490 e. The maximum absolute atomic E-state index is 13.3. The molecule has 3 aromatic rings. The molecule has 0 aliphatic carbocycles. The van der Waals surface area contributed by atoms with Crippen molar-refractivity contribution in [3.05, 3.63) is 81.1 Å². The maximum atomic E-state index is 13.3. The van der Waals surface area contributed by atoms with Crippen molar-refractivity contribution in [2.24, 2.45) is 0 Å². The van der Waals surface area contributed by atoms with Crippen LogP contribution < -0.4 is 24.3 Å². The van der Waals surface area contributed by atoms with Gasteiger partial charge >= 0.3 is 0 Å². The molecule has 0 atom stereocenters. The molecule has 1 aliphatic rings. The molecule has 1 heterocycles. The monoisotopic (exact) mass is 477 g/mol. The third-order valence-corrected chi connectivity index (χ3v) is 5.48. The highest BCUT2D eigenvalue weighted by Gasteiger charge is 2.15. The summed E-state index contributed by atoms with van der Waals surface area (Å²) in [7, 11) is 0. The van der Waals surface area contributed by atoms with Gasteiger partial charge in [0, 0.05) is 18.7 Å². The molecule has 0 amide bonds. The van der Waals surface area contributed by atoms with E-state index in [-0.39, 0.29) is 13.4 Å². The molecule has 32 heavy (non-hydrogen) atoms. The van der Waals surface area contributed by atoms with E-state index >= 15 is 0 Å². The summed E-state index contributed by atoms with van der Waals surface area (Å²) in [5.41, 5.74) is 2.69. The van der Waals surface area contributed by atoms with Crippen LogP contribution in [0.4, 0.5) is 4.39 Å². The van der Waals surface area contributed by atoms with E-state index in [4.69, 9.17) is 42.1 Å². The smallest absolute Gasteiger partial charge is 0.231 e. The van der Waals surface area contributed by atoms with E-state index in [0.717, 1.165) is 22.6 Å². The molecule has 168 valence electrons. The Balaban J connectivity index is 1.42. The number of fused-ring (bicyclic) bond motifs is 1. The Labute approximate surface area is 196 Å². The van der Waals surface area contributed by atoms with E-state index in [1.54, 1.807) is 6.07 Å². The number of hydrogen-bond acceptors (Lipinski definition) is 5. The minimum Gasteiger partial charge on any atom is -0.490 e. The fraction of sp³-hybridized carbons (Fsp3) is 0.250. The summed E-state index contributed by atoms with van der Waals surface area (Å²) in [6.07, 6.45) is 0. The van der Waals surface area contributed by atoms with Gasteiger partial charge in [-0.1, -0.05) is 35.3 Å². The second-order valence-corrected chi connectivity index (χ2v) is 7.97. The van der Waals surface area contributed by atoms with Gasteiger partial charge in [-0.05, 0) is 54.4 Å². The fourth-order valence-corrected chi connectivity index (χ4v) is 3.83. The van der Waals surface area contributed by atoms with Gasteiger partial charge in [-0.3, -0.25) is 0 Å². The molecule has 3 aromatic carbocycles. The van der Waals surface area contributed by atoms with Crippen LogP contribution in [0.25, 0.3) is 0 Å². The number of benzene rings is 3. The molecular formula is C24H22Cl2FNO4. The molecule has 0 saturated heterocycles. The molecule has 1 aliphatic heterocycles. The standard InChI is InChI=1S/C24H22Cl2FNO4/c1-2-29-23-9-16(12-28-11-15-3-6-21-22(8-15)32-14-31-21)7-20(26)24(23)30-13-17-4-5-18(27)10-19(17)25/h3-10,28H,2,11-14H2,1H3. The highest BCUT2D eigenvalue weighted by molar-refractivity contribution is 6.32. The zero-order valence-corrected chi connectivity index (χ0v) is 18.9.